The summed E-state index contributed by atoms with van der Waals surface area (Å²) in [7, 11) is 1.79. The fourth-order valence-electron chi connectivity index (χ4n) is 2.35. The molecule has 2 nitrogen and oxygen atoms in total. The van der Waals surface area contributed by atoms with Crippen molar-refractivity contribution in [2.45, 2.75) is 38.4 Å². The summed E-state index contributed by atoms with van der Waals surface area (Å²) in [5, 5.41) is 0. The minimum absolute atomic E-state index is 0.614. The minimum Gasteiger partial charge on any atom is -0.384 e. The van der Waals surface area contributed by atoms with Gasteiger partial charge in [0, 0.05) is 13.7 Å². The van der Waals surface area contributed by atoms with Crippen molar-refractivity contribution in [2.75, 3.05) is 13.7 Å². The molecule has 12 heavy (non-hydrogen) atoms. The molecule has 4 unspecified atom stereocenters. The van der Waals surface area contributed by atoms with Crippen molar-refractivity contribution >= 4 is 0 Å². The van der Waals surface area contributed by atoms with E-state index in [4.69, 9.17) is 9.47 Å². The second-order valence-electron chi connectivity index (χ2n) is 4.22. The van der Waals surface area contributed by atoms with Crippen LogP contribution in [0.4, 0.5) is 0 Å². The summed E-state index contributed by atoms with van der Waals surface area (Å²) in [4.78, 5) is 0. The molecule has 2 fully saturated rings. The van der Waals surface area contributed by atoms with Crippen molar-refractivity contribution in [3.8, 4) is 0 Å². The van der Waals surface area contributed by atoms with Gasteiger partial charge in [0.2, 0.25) is 0 Å². The van der Waals surface area contributed by atoms with E-state index in [0.717, 1.165) is 12.5 Å². The zero-order valence-corrected chi connectivity index (χ0v) is 7.95. The first-order valence-corrected chi connectivity index (χ1v) is 4.95. The number of methoxy groups -OCH3 is 1. The summed E-state index contributed by atoms with van der Waals surface area (Å²) in [5.41, 5.74) is 0. The molecule has 2 aliphatic rings. The zero-order valence-electron chi connectivity index (χ0n) is 7.95. The van der Waals surface area contributed by atoms with Gasteiger partial charge in [-0.25, -0.2) is 0 Å². The molecule has 0 spiro atoms. The maximum absolute atomic E-state index is 5.50. The van der Waals surface area contributed by atoms with Gasteiger partial charge in [0.05, 0.1) is 12.2 Å². The lowest BCUT2D eigenvalue weighted by Gasteiger charge is -2.24. The normalized spacial score (nSPS) is 42.0. The van der Waals surface area contributed by atoms with Gasteiger partial charge in [-0.3, -0.25) is 0 Å². The molecule has 2 heteroatoms. The average Bonchev–Trinajstić information content (AvgIpc) is 2.81. The Bertz CT molecular complexity index is 158. The van der Waals surface area contributed by atoms with Crippen LogP contribution < -0.4 is 0 Å². The molecule has 70 valence electrons. The smallest absolute Gasteiger partial charge is 0.0844 e. The second kappa shape index (κ2) is 3.35. The van der Waals surface area contributed by atoms with E-state index in [2.05, 4.69) is 6.92 Å². The number of hydrogen-bond donors (Lipinski definition) is 0. The topological polar surface area (TPSA) is 21.8 Å². The van der Waals surface area contributed by atoms with E-state index in [1.807, 2.05) is 0 Å². The average molecular weight is 170 g/mol. The van der Waals surface area contributed by atoms with Gasteiger partial charge in [0.25, 0.3) is 0 Å². The van der Waals surface area contributed by atoms with Crippen LogP contribution in [-0.2, 0) is 9.47 Å². The highest BCUT2D eigenvalue weighted by Gasteiger charge is 2.44. The Morgan fingerprint density at radius 2 is 2.25 bits per heavy atom. The molecule has 4 atom stereocenters. The highest BCUT2D eigenvalue weighted by atomic mass is 16.6. The Morgan fingerprint density at radius 3 is 2.92 bits per heavy atom. The molecule has 1 heterocycles. The first-order valence-electron chi connectivity index (χ1n) is 4.95. The molecule has 1 saturated heterocycles. The summed E-state index contributed by atoms with van der Waals surface area (Å²) in [6.07, 6.45) is 5.14. The maximum atomic E-state index is 5.50. The standard InChI is InChI=1S/C10H18O2/c1-7(6-11-2)8-3-4-9-10(5-8)12-9/h7-10H,3-6H2,1-2H3. The van der Waals surface area contributed by atoms with Gasteiger partial charge in [0.1, 0.15) is 0 Å². The Kier molecular flexibility index (Phi) is 2.37. The van der Waals surface area contributed by atoms with Crippen molar-refractivity contribution in [3.63, 3.8) is 0 Å². The SMILES string of the molecule is COCC(C)C1CCC2OC2C1. The van der Waals surface area contributed by atoms with Gasteiger partial charge in [0.15, 0.2) is 0 Å². The van der Waals surface area contributed by atoms with E-state index in [0.29, 0.717) is 18.1 Å². The molecule has 0 aromatic heterocycles. The predicted octanol–water partition coefficient (Wildman–Crippen LogP) is 1.84. The summed E-state index contributed by atoms with van der Waals surface area (Å²) < 4.78 is 10.7. The molecule has 0 N–H and O–H groups in total. The summed E-state index contributed by atoms with van der Waals surface area (Å²) in [5.74, 6) is 1.55. The summed E-state index contributed by atoms with van der Waals surface area (Å²) >= 11 is 0. The fourth-order valence-corrected chi connectivity index (χ4v) is 2.35. The molecule has 0 radical (unpaired) electrons. The largest absolute Gasteiger partial charge is 0.384 e. The lowest BCUT2D eigenvalue weighted by Crippen LogP contribution is -2.22. The van der Waals surface area contributed by atoms with E-state index in [9.17, 15) is 0 Å². The highest BCUT2D eigenvalue weighted by Crippen LogP contribution is 2.41. The molecular formula is C10H18O2. The van der Waals surface area contributed by atoms with Gasteiger partial charge >= 0.3 is 0 Å². The van der Waals surface area contributed by atoms with Gasteiger partial charge in [-0.15, -0.1) is 0 Å². The van der Waals surface area contributed by atoms with Crippen LogP contribution in [0.25, 0.3) is 0 Å². The molecule has 1 aliphatic carbocycles. The molecule has 2 rings (SSSR count). The van der Waals surface area contributed by atoms with Crippen molar-refractivity contribution in [1.29, 1.82) is 0 Å². The number of rotatable bonds is 3. The lowest BCUT2D eigenvalue weighted by atomic mass is 9.81. The van der Waals surface area contributed by atoms with Crippen molar-refractivity contribution in [3.05, 3.63) is 0 Å². The van der Waals surface area contributed by atoms with E-state index in [-0.39, 0.29) is 0 Å². The number of epoxide rings is 1. The van der Waals surface area contributed by atoms with Gasteiger partial charge in [-0.05, 0) is 31.1 Å². The van der Waals surface area contributed by atoms with E-state index in [1.165, 1.54) is 19.3 Å². The fraction of sp³-hybridized carbons (Fsp3) is 1.00. The first-order chi connectivity index (χ1) is 5.81. The van der Waals surface area contributed by atoms with Crippen LogP contribution >= 0.6 is 0 Å². The van der Waals surface area contributed by atoms with Gasteiger partial charge < -0.3 is 9.47 Å². The third-order valence-electron chi connectivity index (χ3n) is 3.28. The Labute approximate surface area is 74.2 Å². The Hall–Kier alpha value is -0.0800. The number of hydrogen-bond acceptors (Lipinski definition) is 2. The van der Waals surface area contributed by atoms with Gasteiger partial charge in [-0.1, -0.05) is 6.92 Å². The molecule has 0 bridgehead atoms. The molecule has 0 amide bonds. The third kappa shape index (κ3) is 1.64. The van der Waals surface area contributed by atoms with E-state index >= 15 is 0 Å². The van der Waals surface area contributed by atoms with Crippen molar-refractivity contribution < 1.29 is 9.47 Å². The van der Waals surface area contributed by atoms with E-state index in [1.54, 1.807) is 7.11 Å². The van der Waals surface area contributed by atoms with Crippen LogP contribution in [0.1, 0.15) is 26.2 Å². The molecule has 1 aliphatic heterocycles. The van der Waals surface area contributed by atoms with Crippen LogP contribution in [-0.4, -0.2) is 25.9 Å². The highest BCUT2D eigenvalue weighted by molar-refractivity contribution is 4.92. The zero-order chi connectivity index (χ0) is 8.55. The van der Waals surface area contributed by atoms with Gasteiger partial charge in [-0.2, -0.15) is 0 Å². The van der Waals surface area contributed by atoms with Crippen LogP contribution in [0.15, 0.2) is 0 Å². The summed E-state index contributed by atoms with van der Waals surface area (Å²) in [6.45, 7) is 3.19. The predicted molar refractivity (Wildman–Crippen MR) is 47.0 cm³/mol. The number of ether oxygens (including phenoxy) is 2. The van der Waals surface area contributed by atoms with E-state index < -0.39 is 0 Å². The van der Waals surface area contributed by atoms with Crippen LogP contribution in [0.2, 0.25) is 0 Å². The molecule has 0 aromatic rings. The molecular weight excluding hydrogens is 152 g/mol. The Balaban J connectivity index is 1.79. The monoisotopic (exact) mass is 170 g/mol. The summed E-state index contributed by atoms with van der Waals surface area (Å²) in [6, 6.07) is 0. The lowest BCUT2D eigenvalue weighted by molar-refractivity contribution is 0.117. The van der Waals surface area contributed by atoms with Crippen molar-refractivity contribution in [2.24, 2.45) is 11.8 Å². The Morgan fingerprint density at radius 1 is 1.42 bits per heavy atom. The second-order valence-corrected chi connectivity index (χ2v) is 4.22. The van der Waals surface area contributed by atoms with Crippen LogP contribution in [0, 0.1) is 11.8 Å². The van der Waals surface area contributed by atoms with Crippen LogP contribution in [0.3, 0.4) is 0 Å². The van der Waals surface area contributed by atoms with Crippen LogP contribution in [0.5, 0.6) is 0 Å². The quantitative estimate of drug-likeness (QED) is 0.603. The molecule has 0 aromatic carbocycles. The van der Waals surface area contributed by atoms with Crippen molar-refractivity contribution in [1.82, 2.24) is 0 Å². The molecule has 1 saturated carbocycles. The first kappa shape index (κ1) is 8.52. The minimum atomic E-state index is 0.614. The maximum Gasteiger partial charge on any atom is 0.0844 e. The number of fused-ring (bicyclic) bond motifs is 1. The third-order valence-corrected chi connectivity index (χ3v) is 3.28.